The average molecular weight is 412 g/mol. The molecule has 156 valence electrons. The molecule has 5 nitrogen and oxygen atoms in total. The normalized spacial score (nSPS) is 16.3. The van der Waals surface area contributed by atoms with Crippen LogP contribution in [0.2, 0.25) is 0 Å². The Morgan fingerprint density at radius 2 is 1.90 bits per heavy atom. The molecule has 9 heteroatoms. The fourth-order valence-electron chi connectivity index (χ4n) is 3.17. The average Bonchev–Trinajstić information content (AvgIpc) is 3.45. The Labute approximate surface area is 164 Å². The molecule has 29 heavy (non-hydrogen) atoms. The van der Waals surface area contributed by atoms with Crippen molar-refractivity contribution in [3.8, 4) is 17.0 Å². The number of pyridine rings is 1. The van der Waals surface area contributed by atoms with Crippen LogP contribution in [-0.2, 0) is 6.42 Å². The SMILES string of the molecule is CC(O)(Cc1nc(OCC(F)(F)F)c(-c2ccc(F)cc2)cc1C(N)=O)C1CC1. The topological polar surface area (TPSA) is 85.4 Å². The van der Waals surface area contributed by atoms with Gasteiger partial charge in [0, 0.05) is 12.0 Å². The van der Waals surface area contributed by atoms with Crippen LogP contribution in [0.5, 0.6) is 5.88 Å². The summed E-state index contributed by atoms with van der Waals surface area (Å²) in [5.74, 6) is -1.74. The van der Waals surface area contributed by atoms with E-state index < -0.39 is 30.1 Å². The summed E-state index contributed by atoms with van der Waals surface area (Å²) in [6.07, 6.45) is -3.06. The number of alkyl halides is 3. The van der Waals surface area contributed by atoms with Crippen molar-refractivity contribution < 1.29 is 32.2 Å². The van der Waals surface area contributed by atoms with Gasteiger partial charge in [-0.15, -0.1) is 0 Å². The van der Waals surface area contributed by atoms with E-state index in [0.717, 1.165) is 25.0 Å². The molecule has 1 aliphatic rings. The molecule has 1 heterocycles. The maximum atomic E-state index is 13.2. The highest BCUT2D eigenvalue weighted by molar-refractivity contribution is 5.95. The lowest BCUT2D eigenvalue weighted by atomic mass is 9.91. The molecule has 1 aromatic carbocycles. The molecule has 1 aromatic heterocycles. The Hall–Kier alpha value is -2.68. The minimum Gasteiger partial charge on any atom is -0.468 e. The van der Waals surface area contributed by atoms with E-state index in [9.17, 15) is 27.5 Å². The number of hydrogen-bond donors (Lipinski definition) is 2. The molecule has 2 aromatic rings. The van der Waals surface area contributed by atoms with Crippen LogP contribution < -0.4 is 10.5 Å². The number of carbonyl (C=O) groups is 1. The Morgan fingerprint density at radius 3 is 2.41 bits per heavy atom. The predicted octanol–water partition coefficient (Wildman–Crippen LogP) is 3.63. The van der Waals surface area contributed by atoms with Crippen LogP contribution in [0.25, 0.3) is 11.1 Å². The van der Waals surface area contributed by atoms with E-state index >= 15 is 0 Å². The summed E-state index contributed by atoms with van der Waals surface area (Å²) >= 11 is 0. The highest BCUT2D eigenvalue weighted by atomic mass is 19.4. The number of primary amides is 1. The maximum absolute atomic E-state index is 13.2. The molecule has 1 atom stereocenters. The van der Waals surface area contributed by atoms with Crippen molar-refractivity contribution >= 4 is 5.91 Å². The first-order chi connectivity index (χ1) is 13.5. The number of amides is 1. The van der Waals surface area contributed by atoms with Crippen LogP contribution in [0.1, 0.15) is 35.8 Å². The zero-order valence-corrected chi connectivity index (χ0v) is 15.6. The summed E-state index contributed by atoms with van der Waals surface area (Å²) in [5.41, 5.74) is 4.65. The number of ether oxygens (including phenoxy) is 1. The van der Waals surface area contributed by atoms with E-state index in [-0.39, 0.29) is 35.0 Å². The van der Waals surface area contributed by atoms with Crippen molar-refractivity contribution in [2.45, 2.75) is 38.0 Å². The van der Waals surface area contributed by atoms with Gasteiger partial charge in [-0.05, 0) is 49.4 Å². The third-order valence-electron chi connectivity index (χ3n) is 4.84. The van der Waals surface area contributed by atoms with Crippen molar-refractivity contribution in [3.05, 3.63) is 47.4 Å². The summed E-state index contributed by atoms with van der Waals surface area (Å²) < 4.78 is 56.3. The molecule has 1 amide bonds. The highest BCUT2D eigenvalue weighted by Crippen LogP contribution is 2.42. The van der Waals surface area contributed by atoms with E-state index in [1.165, 1.54) is 18.2 Å². The zero-order valence-electron chi connectivity index (χ0n) is 15.6. The standard InChI is InChI=1S/C20H20F4N2O3/c1-19(28,12-4-5-12)9-16-15(17(25)27)8-14(11-2-6-13(21)7-3-11)18(26-16)29-10-20(22,23)24/h2-3,6-8,12,28H,4-5,9-10H2,1H3,(H2,25,27). The molecule has 3 N–H and O–H groups in total. The number of rotatable bonds is 7. The summed E-state index contributed by atoms with van der Waals surface area (Å²) in [4.78, 5) is 16.1. The second-order valence-corrected chi connectivity index (χ2v) is 7.42. The Bertz CT molecular complexity index is 907. The van der Waals surface area contributed by atoms with Gasteiger partial charge in [0.1, 0.15) is 5.82 Å². The van der Waals surface area contributed by atoms with Gasteiger partial charge in [0.2, 0.25) is 5.88 Å². The number of nitrogens with two attached hydrogens (primary N) is 1. The summed E-state index contributed by atoms with van der Waals surface area (Å²) in [6.45, 7) is -0.0101. The number of aliphatic hydroxyl groups is 1. The zero-order chi connectivity index (χ0) is 21.4. The quantitative estimate of drug-likeness (QED) is 0.680. The Kier molecular flexibility index (Phi) is 5.53. The Morgan fingerprint density at radius 1 is 1.28 bits per heavy atom. The van der Waals surface area contributed by atoms with Gasteiger partial charge in [0.05, 0.1) is 16.9 Å². The van der Waals surface area contributed by atoms with Crippen molar-refractivity contribution in [1.82, 2.24) is 4.98 Å². The van der Waals surface area contributed by atoms with Gasteiger partial charge in [-0.2, -0.15) is 13.2 Å². The summed E-state index contributed by atoms with van der Waals surface area (Å²) in [5, 5.41) is 10.6. The smallest absolute Gasteiger partial charge is 0.422 e. The van der Waals surface area contributed by atoms with Gasteiger partial charge >= 0.3 is 6.18 Å². The van der Waals surface area contributed by atoms with E-state index in [1.54, 1.807) is 6.92 Å². The van der Waals surface area contributed by atoms with Crippen LogP contribution >= 0.6 is 0 Å². The van der Waals surface area contributed by atoms with Gasteiger partial charge in [-0.1, -0.05) is 12.1 Å². The lowest BCUT2D eigenvalue weighted by molar-refractivity contribution is -0.154. The van der Waals surface area contributed by atoms with E-state index in [0.29, 0.717) is 5.56 Å². The molecule has 3 rings (SSSR count). The van der Waals surface area contributed by atoms with Gasteiger partial charge in [0.25, 0.3) is 5.91 Å². The van der Waals surface area contributed by atoms with Crippen molar-refractivity contribution in [2.24, 2.45) is 11.7 Å². The second kappa shape index (κ2) is 7.62. The van der Waals surface area contributed by atoms with E-state index in [2.05, 4.69) is 4.98 Å². The number of carbonyl (C=O) groups excluding carboxylic acids is 1. The van der Waals surface area contributed by atoms with Gasteiger partial charge in [0.15, 0.2) is 6.61 Å². The summed E-state index contributed by atoms with van der Waals surface area (Å²) in [6, 6.07) is 6.18. The number of benzene rings is 1. The molecule has 0 bridgehead atoms. The van der Waals surface area contributed by atoms with E-state index in [1.807, 2.05) is 0 Å². The summed E-state index contributed by atoms with van der Waals surface area (Å²) in [7, 11) is 0. The minimum absolute atomic E-state index is 0.0151. The lowest BCUT2D eigenvalue weighted by Crippen LogP contribution is -2.32. The maximum Gasteiger partial charge on any atom is 0.422 e. The molecular formula is C20H20F4N2O3. The first-order valence-corrected chi connectivity index (χ1v) is 8.98. The van der Waals surface area contributed by atoms with Crippen LogP contribution in [0.15, 0.2) is 30.3 Å². The largest absolute Gasteiger partial charge is 0.468 e. The second-order valence-electron chi connectivity index (χ2n) is 7.42. The molecule has 0 aliphatic heterocycles. The molecule has 1 fully saturated rings. The fraction of sp³-hybridized carbons (Fsp3) is 0.400. The molecule has 0 radical (unpaired) electrons. The molecular weight excluding hydrogens is 392 g/mol. The van der Waals surface area contributed by atoms with Crippen LogP contribution in [0.3, 0.4) is 0 Å². The van der Waals surface area contributed by atoms with Crippen LogP contribution in [0, 0.1) is 11.7 Å². The van der Waals surface area contributed by atoms with Crippen LogP contribution in [0.4, 0.5) is 17.6 Å². The molecule has 0 spiro atoms. The van der Waals surface area contributed by atoms with Crippen molar-refractivity contribution in [2.75, 3.05) is 6.61 Å². The molecule has 1 saturated carbocycles. The third kappa shape index (κ3) is 5.23. The van der Waals surface area contributed by atoms with Crippen molar-refractivity contribution in [3.63, 3.8) is 0 Å². The van der Waals surface area contributed by atoms with Crippen molar-refractivity contribution in [1.29, 1.82) is 0 Å². The lowest BCUT2D eigenvalue weighted by Gasteiger charge is -2.24. The monoisotopic (exact) mass is 412 g/mol. The minimum atomic E-state index is -4.61. The number of halogens is 4. The first kappa shape index (κ1) is 21.0. The van der Waals surface area contributed by atoms with Gasteiger partial charge < -0.3 is 15.6 Å². The molecule has 1 unspecified atom stereocenters. The Balaban J connectivity index is 2.08. The predicted molar refractivity (Wildman–Crippen MR) is 96.8 cm³/mol. The number of hydrogen-bond acceptors (Lipinski definition) is 4. The number of nitrogens with zero attached hydrogens (tertiary/aromatic N) is 1. The highest BCUT2D eigenvalue weighted by Gasteiger charge is 2.41. The number of aromatic nitrogens is 1. The molecule has 0 saturated heterocycles. The van der Waals surface area contributed by atoms with Gasteiger partial charge in [-0.25, -0.2) is 9.37 Å². The molecule has 1 aliphatic carbocycles. The van der Waals surface area contributed by atoms with Gasteiger partial charge in [-0.3, -0.25) is 4.79 Å². The third-order valence-corrected chi connectivity index (χ3v) is 4.84. The first-order valence-electron chi connectivity index (χ1n) is 8.98. The fourth-order valence-corrected chi connectivity index (χ4v) is 3.17. The van der Waals surface area contributed by atoms with Crippen LogP contribution in [-0.4, -0.2) is 34.4 Å². The van der Waals surface area contributed by atoms with E-state index in [4.69, 9.17) is 10.5 Å².